The molecule has 1 N–H and O–H groups in total. The zero-order valence-electron chi connectivity index (χ0n) is 12.5. The van der Waals surface area contributed by atoms with Crippen LogP contribution in [0.25, 0.3) is 0 Å². The fourth-order valence-corrected chi connectivity index (χ4v) is 2.65. The van der Waals surface area contributed by atoms with E-state index in [1.54, 1.807) is 23.4 Å². The van der Waals surface area contributed by atoms with E-state index in [0.717, 1.165) is 5.56 Å². The molecule has 0 radical (unpaired) electrons. The molecular weight excluding hydrogens is 290 g/mol. The maximum absolute atomic E-state index is 12.7. The first kappa shape index (κ1) is 15.8. The molecule has 2 heterocycles. The van der Waals surface area contributed by atoms with E-state index in [2.05, 4.69) is 10.3 Å². The Morgan fingerprint density at radius 2 is 2.19 bits per heavy atom. The first-order valence-electron chi connectivity index (χ1n) is 7.08. The number of pyridine rings is 1. The van der Waals surface area contributed by atoms with Crippen molar-refractivity contribution in [2.24, 2.45) is 5.92 Å². The predicted octanol–water partition coefficient (Wildman–Crippen LogP) is 2.00. The molecule has 1 aliphatic heterocycles. The molecule has 2 unspecified atom stereocenters. The van der Waals surface area contributed by atoms with E-state index < -0.39 is 6.04 Å². The summed E-state index contributed by atoms with van der Waals surface area (Å²) in [5.41, 5.74) is 0.837. The van der Waals surface area contributed by atoms with E-state index >= 15 is 0 Å². The van der Waals surface area contributed by atoms with Gasteiger partial charge in [-0.25, -0.2) is 0 Å². The molecule has 1 fully saturated rings. The molecule has 21 heavy (non-hydrogen) atoms. The van der Waals surface area contributed by atoms with E-state index in [9.17, 15) is 9.59 Å². The Kier molecular flexibility index (Phi) is 4.83. The summed E-state index contributed by atoms with van der Waals surface area (Å²) in [5.74, 6) is -0.101. The number of nitrogens with one attached hydrogen (secondary N) is 1. The van der Waals surface area contributed by atoms with Crippen molar-refractivity contribution in [2.45, 2.75) is 45.8 Å². The van der Waals surface area contributed by atoms with Gasteiger partial charge in [-0.05, 0) is 24.5 Å². The van der Waals surface area contributed by atoms with E-state index in [1.165, 1.54) is 0 Å². The third kappa shape index (κ3) is 3.53. The summed E-state index contributed by atoms with van der Waals surface area (Å²) in [6.45, 7) is 6.13. The maximum atomic E-state index is 12.7. The fourth-order valence-electron chi connectivity index (χ4n) is 2.47. The number of hydrogen-bond acceptors (Lipinski definition) is 3. The van der Waals surface area contributed by atoms with Gasteiger partial charge < -0.3 is 10.2 Å². The Morgan fingerprint density at radius 3 is 2.81 bits per heavy atom. The van der Waals surface area contributed by atoms with Gasteiger partial charge in [0.15, 0.2) is 0 Å². The Hall–Kier alpha value is -1.62. The summed E-state index contributed by atoms with van der Waals surface area (Å²) < 4.78 is 0. The zero-order chi connectivity index (χ0) is 15.6. The Bertz CT molecular complexity index is 547. The van der Waals surface area contributed by atoms with Crippen LogP contribution in [0.2, 0.25) is 5.02 Å². The van der Waals surface area contributed by atoms with Crippen molar-refractivity contribution in [3.05, 3.63) is 29.0 Å². The van der Waals surface area contributed by atoms with E-state index in [-0.39, 0.29) is 23.8 Å². The molecular formula is C15H20ClN3O2. The lowest BCUT2D eigenvalue weighted by Gasteiger charge is -2.30. The molecule has 2 rings (SSSR count). The molecule has 6 heteroatoms. The number of amides is 2. The summed E-state index contributed by atoms with van der Waals surface area (Å²) in [7, 11) is 0. The summed E-state index contributed by atoms with van der Waals surface area (Å²) in [4.78, 5) is 30.3. The third-order valence-corrected chi connectivity index (χ3v) is 4.08. The number of hydrogen-bond donors (Lipinski definition) is 1. The number of carbonyl (C=O) groups excluding carboxylic acids is 2. The largest absolute Gasteiger partial charge is 0.344 e. The van der Waals surface area contributed by atoms with Crippen molar-refractivity contribution >= 4 is 23.4 Å². The molecule has 0 bridgehead atoms. The lowest BCUT2D eigenvalue weighted by Crippen LogP contribution is -2.48. The van der Waals surface area contributed by atoms with Crippen molar-refractivity contribution in [3.8, 4) is 0 Å². The zero-order valence-corrected chi connectivity index (χ0v) is 13.2. The molecule has 2 atom stereocenters. The molecule has 1 aromatic rings. The Labute approximate surface area is 129 Å². The van der Waals surface area contributed by atoms with Gasteiger partial charge >= 0.3 is 0 Å². The first-order valence-corrected chi connectivity index (χ1v) is 7.46. The van der Waals surface area contributed by atoms with Gasteiger partial charge in [0.2, 0.25) is 11.8 Å². The van der Waals surface area contributed by atoms with Crippen molar-refractivity contribution in [1.82, 2.24) is 15.2 Å². The van der Waals surface area contributed by atoms with Gasteiger partial charge in [0.05, 0.1) is 5.02 Å². The number of rotatable bonds is 3. The average Bonchev–Trinajstić information content (AvgIpc) is 2.52. The summed E-state index contributed by atoms with van der Waals surface area (Å²) in [6, 6.07) is 1.15. The van der Waals surface area contributed by atoms with Gasteiger partial charge in [-0.3, -0.25) is 14.6 Å². The number of carbonyl (C=O) groups is 2. The minimum Gasteiger partial charge on any atom is -0.344 e. The van der Waals surface area contributed by atoms with Crippen LogP contribution in [0, 0.1) is 5.92 Å². The average molecular weight is 310 g/mol. The van der Waals surface area contributed by atoms with Gasteiger partial charge in [-0.15, -0.1) is 0 Å². The molecule has 0 aromatic carbocycles. The number of halogens is 1. The van der Waals surface area contributed by atoms with Crippen LogP contribution in [-0.2, 0) is 16.1 Å². The molecule has 1 aliphatic rings. The molecule has 0 aliphatic carbocycles. The quantitative estimate of drug-likeness (QED) is 0.929. The molecule has 5 nitrogen and oxygen atoms in total. The molecule has 1 saturated heterocycles. The topological polar surface area (TPSA) is 62.3 Å². The SMILES string of the molecule is CC(C)C1NC(=O)CC(C)N(Cc2ccncc2Cl)C1=O. The highest BCUT2D eigenvalue weighted by Crippen LogP contribution is 2.22. The third-order valence-electron chi connectivity index (χ3n) is 3.74. The minimum absolute atomic E-state index is 0.0437. The van der Waals surface area contributed by atoms with Gasteiger partial charge in [-0.2, -0.15) is 0 Å². The number of nitrogens with zero attached hydrogens (tertiary/aromatic N) is 2. The van der Waals surface area contributed by atoms with Crippen LogP contribution in [0.4, 0.5) is 0 Å². The highest BCUT2D eigenvalue weighted by Gasteiger charge is 2.35. The van der Waals surface area contributed by atoms with Crippen LogP contribution >= 0.6 is 11.6 Å². The van der Waals surface area contributed by atoms with Crippen molar-refractivity contribution in [2.75, 3.05) is 0 Å². The van der Waals surface area contributed by atoms with E-state index in [0.29, 0.717) is 18.0 Å². The predicted molar refractivity (Wildman–Crippen MR) is 80.6 cm³/mol. The molecule has 0 spiro atoms. The van der Waals surface area contributed by atoms with E-state index in [1.807, 2.05) is 20.8 Å². The normalized spacial score (nSPS) is 23.2. The van der Waals surface area contributed by atoms with E-state index in [4.69, 9.17) is 11.6 Å². The smallest absolute Gasteiger partial charge is 0.245 e. The van der Waals surface area contributed by atoms with Gasteiger partial charge in [-0.1, -0.05) is 25.4 Å². The molecule has 0 saturated carbocycles. The fraction of sp³-hybridized carbons (Fsp3) is 0.533. The summed E-state index contributed by atoms with van der Waals surface area (Å²) >= 11 is 6.12. The van der Waals surface area contributed by atoms with Crippen molar-refractivity contribution in [1.29, 1.82) is 0 Å². The second-order valence-electron chi connectivity index (χ2n) is 5.78. The van der Waals surface area contributed by atoms with Gasteiger partial charge in [0.1, 0.15) is 6.04 Å². The monoisotopic (exact) mass is 309 g/mol. The lowest BCUT2D eigenvalue weighted by atomic mass is 10.0. The second-order valence-corrected chi connectivity index (χ2v) is 6.18. The Morgan fingerprint density at radius 1 is 1.48 bits per heavy atom. The van der Waals surface area contributed by atoms with Crippen LogP contribution in [-0.4, -0.2) is 33.8 Å². The standard InChI is InChI=1S/C15H20ClN3O2/c1-9(2)14-15(21)19(10(3)6-13(20)18-14)8-11-4-5-17-7-12(11)16/h4-5,7,9-10,14H,6,8H2,1-3H3,(H,18,20). The van der Waals surface area contributed by atoms with Crippen molar-refractivity contribution in [3.63, 3.8) is 0 Å². The van der Waals surface area contributed by atoms with Crippen molar-refractivity contribution < 1.29 is 9.59 Å². The van der Waals surface area contributed by atoms with Crippen LogP contribution in [0.5, 0.6) is 0 Å². The molecule has 114 valence electrons. The molecule has 1 aromatic heterocycles. The van der Waals surface area contributed by atoms with Crippen LogP contribution in [0.15, 0.2) is 18.5 Å². The van der Waals surface area contributed by atoms with Crippen LogP contribution in [0.1, 0.15) is 32.8 Å². The van der Waals surface area contributed by atoms with Gasteiger partial charge in [0.25, 0.3) is 0 Å². The van der Waals surface area contributed by atoms with Crippen LogP contribution < -0.4 is 5.32 Å². The van der Waals surface area contributed by atoms with Gasteiger partial charge in [0, 0.05) is 31.4 Å². The number of aromatic nitrogens is 1. The lowest BCUT2D eigenvalue weighted by molar-refractivity contribution is -0.136. The summed E-state index contributed by atoms with van der Waals surface area (Å²) in [6.07, 6.45) is 3.52. The minimum atomic E-state index is -0.483. The molecule has 2 amide bonds. The Balaban J connectivity index is 2.28. The maximum Gasteiger partial charge on any atom is 0.245 e. The second kappa shape index (κ2) is 6.43. The summed E-state index contributed by atoms with van der Waals surface area (Å²) in [5, 5.41) is 3.34. The van der Waals surface area contributed by atoms with Crippen LogP contribution in [0.3, 0.4) is 0 Å². The first-order chi connectivity index (χ1) is 9.90. The highest BCUT2D eigenvalue weighted by molar-refractivity contribution is 6.31. The highest BCUT2D eigenvalue weighted by atomic mass is 35.5.